The number of rotatable bonds is 6. The van der Waals surface area contributed by atoms with Gasteiger partial charge in [0.1, 0.15) is 5.82 Å². The molecule has 8 heteroatoms. The van der Waals surface area contributed by atoms with E-state index in [9.17, 15) is 18.8 Å². The molecular formula is C19H20FN3O3S. The predicted octanol–water partition coefficient (Wildman–Crippen LogP) is 1.46. The van der Waals surface area contributed by atoms with E-state index in [1.807, 2.05) is 11.4 Å². The molecule has 2 heterocycles. The van der Waals surface area contributed by atoms with Gasteiger partial charge in [0.25, 0.3) is 5.91 Å². The van der Waals surface area contributed by atoms with Gasteiger partial charge in [0.05, 0.1) is 13.0 Å². The minimum atomic E-state index is -0.735. The first-order valence-electron chi connectivity index (χ1n) is 8.64. The topological polar surface area (TPSA) is 69.7 Å². The van der Waals surface area contributed by atoms with Crippen molar-refractivity contribution in [1.82, 2.24) is 10.2 Å². The molecule has 3 rings (SSSR count). The Labute approximate surface area is 160 Å². The van der Waals surface area contributed by atoms with Crippen LogP contribution in [0.15, 0.2) is 41.8 Å². The molecule has 0 atom stereocenters. The Morgan fingerprint density at radius 3 is 2.37 bits per heavy atom. The number of nitrogens with one attached hydrogen (secondary N) is 1. The van der Waals surface area contributed by atoms with Crippen molar-refractivity contribution in [2.24, 2.45) is 0 Å². The van der Waals surface area contributed by atoms with Crippen molar-refractivity contribution in [3.05, 3.63) is 52.5 Å². The summed E-state index contributed by atoms with van der Waals surface area (Å²) in [5.74, 6) is -1.78. The minimum Gasteiger partial charge on any atom is -0.368 e. The number of carbonyl (C=O) groups is 3. The smallest absolute Gasteiger partial charge is 0.288 e. The van der Waals surface area contributed by atoms with Crippen molar-refractivity contribution in [2.45, 2.75) is 6.42 Å². The molecule has 0 saturated carbocycles. The molecule has 1 aliphatic rings. The van der Waals surface area contributed by atoms with Crippen molar-refractivity contribution in [3.63, 3.8) is 0 Å². The van der Waals surface area contributed by atoms with Crippen LogP contribution in [-0.2, 0) is 20.8 Å². The number of thiophene rings is 1. The Balaban J connectivity index is 1.42. The largest absolute Gasteiger partial charge is 0.368 e. The summed E-state index contributed by atoms with van der Waals surface area (Å²) < 4.78 is 13.0. The number of carbonyl (C=O) groups excluding carboxylic acids is 3. The fourth-order valence-electron chi connectivity index (χ4n) is 2.88. The molecule has 2 amide bonds. The zero-order valence-electron chi connectivity index (χ0n) is 14.7. The zero-order valence-corrected chi connectivity index (χ0v) is 15.5. The summed E-state index contributed by atoms with van der Waals surface area (Å²) in [6.07, 6.45) is 0.0496. The molecule has 0 aliphatic carbocycles. The van der Waals surface area contributed by atoms with E-state index in [1.165, 1.54) is 23.5 Å². The second-order valence-corrected chi connectivity index (χ2v) is 7.24. The summed E-state index contributed by atoms with van der Waals surface area (Å²) >= 11 is 1.41. The highest BCUT2D eigenvalue weighted by Gasteiger charge is 2.22. The van der Waals surface area contributed by atoms with Gasteiger partial charge in [-0.25, -0.2) is 4.39 Å². The summed E-state index contributed by atoms with van der Waals surface area (Å²) in [5, 5.41) is 4.25. The number of ketones is 1. The first-order valence-corrected chi connectivity index (χ1v) is 9.52. The Morgan fingerprint density at radius 2 is 1.74 bits per heavy atom. The molecule has 1 saturated heterocycles. The number of hydrogen-bond donors (Lipinski definition) is 1. The lowest BCUT2D eigenvalue weighted by Crippen LogP contribution is -2.51. The van der Waals surface area contributed by atoms with Crippen LogP contribution in [0, 0.1) is 5.82 Å². The second-order valence-electron chi connectivity index (χ2n) is 6.21. The number of hydrogen-bond acceptors (Lipinski definition) is 5. The van der Waals surface area contributed by atoms with E-state index in [-0.39, 0.29) is 24.7 Å². The molecule has 1 N–H and O–H groups in total. The third-order valence-corrected chi connectivity index (χ3v) is 5.27. The van der Waals surface area contributed by atoms with Crippen LogP contribution in [0.1, 0.15) is 4.88 Å². The van der Waals surface area contributed by atoms with E-state index >= 15 is 0 Å². The normalized spacial score (nSPS) is 14.1. The van der Waals surface area contributed by atoms with E-state index < -0.39 is 11.7 Å². The van der Waals surface area contributed by atoms with E-state index in [2.05, 4.69) is 10.2 Å². The maximum Gasteiger partial charge on any atom is 0.288 e. The minimum absolute atomic E-state index is 0.0496. The molecule has 1 aliphatic heterocycles. The standard InChI is InChI=1S/C19H20FN3O3S/c20-14-3-5-15(6-4-14)22-7-9-23(10-8-22)18(25)13-21-19(26)17(24)12-16-2-1-11-27-16/h1-6,11H,7-10,12-13H2,(H,21,26). The molecule has 0 unspecified atom stereocenters. The van der Waals surface area contributed by atoms with Gasteiger partial charge in [-0.05, 0) is 35.7 Å². The van der Waals surface area contributed by atoms with Gasteiger partial charge in [-0.15, -0.1) is 11.3 Å². The Hall–Kier alpha value is -2.74. The quantitative estimate of drug-likeness (QED) is 0.760. The third kappa shape index (κ3) is 5.13. The summed E-state index contributed by atoms with van der Waals surface area (Å²) in [5.41, 5.74) is 0.913. The van der Waals surface area contributed by atoms with Crippen molar-refractivity contribution in [3.8, 4) is 0 Å². The maximum absolute atomic E-state index is 13.0. The highest BCUT2D eigenvalue weighted by molar-refractivity contribution is 7.10. The fraction of sp³-hybridized carbons (Fsp3) is 0.316. The summed E-state index contributed by atoms with van der Waals surface area (Å²) in [6, 6.07) is 9.87. The predicted molar refractivity (Wildman–Crippen MR) is 101 cm³/mol. The SMILES string of the molecule is O=C(Cc1cccs1)C(=O)NCC(=O)N1CCN(c2ccc(F)cc2)CC1. The molecule has 1 fully saturated rings. The Morgan fingerprint density at radius 1 is 1.04 bits per heavy atom. The summed E-state index contributed by atoms with van der Waals surface area (Å²) in [7, 11) is 0. The van der Waals surface area contributed by atoms with Crippen LogP contribution < -0.4 is 10.2 Å². The van der Waals surface area contributed by atoms with Crippen LogP contribution >= 0.6 is 11.3 Å². The van der Waals surface area contributed by atoms with Crippen LogP contribution in [0.3, 0.4) is 0 Å². The number of benzene rings is 1. The number of Topliss-reactive ketones (excluding diaryl/α,β-unsaturated/α-hetero) is 1. The average molecular weight is 389 g/mol. The van der Waals surface area contributed by atoms with Gasteiger partial charge in [0.15, 0.2) is 0 Å². The molecule has 0 spiro atoms. The fourth-order valence-corrected chi connectivity index (χ4v) is 3.59. The van der Waals surface area contributed by atoms with Crippen molar-refractivity contribution in [1.29, 1.82) is 0 Å². The Bertz CT molecular complexity index is 800. The van der Waals surface area contributed by atoms with Gasteiger partial charge < -0.3 is 15.1 Å². The van der Waals surface area contributed by atoms with E-state index in [0.29, 0.717) is 26.2 Å². The molecule has 6 nitrogen and oxygen atoms in total. The highest BCUT2D eigenvalue weighted by atomic mass is 32.1. The van der Waals surface area contributed by atoms with Crippen LogP contribution in [0.5, 0.6) is 0 Å². The van der Waals surface area contributed by atoms with Crippen molar-refractivity contribution >= 4 is 34.6 Å². The molecule has 1 aromatic heterocycles. The number of amides is 2. The number of nitrogens with zero attached hydrogens (tertiary/aromatic N) is 2. The van der Waals surface area contributed by atoms with Crippen molar-refractivity contribution in [2.75, 3.05) is 37.6 Å². The second kappa shape index (κ2) is 8.77. The molecule has 1 aromatic carbocycles. The molecular weight excluding hydrogens is 369 g/mol. The van der Waals surface area contributed by atoms with Crippen LogP contribution in [0.2, 0.25) is 0 Å². The first kappa shape index (κ1) is 19.0. The maximum atomic E-state index is 13.0. The average Bonchev–Trinajstić information content (AvgIpc) is 3.19. The lowest BCUT2D eigenvalue weighted by atomic mass is 10.2. The van der Waals surface area contributed by atoms with E-state index in [4.69, 9.17) is 0 Å². The first-order chi connectivity index (χ1) is 13.0. The summed E-state index contributed by atoms with van der Waals surface area (Å²) in [6.45, 7) is 2.08. The molecule has 2 aromatic rings. The van der Waals surface area contributed by atoms with Gasteiger partial charge in [-0.3, -0.25) is 14.4 Å². The van der Waals surface area contributed by atoms with Gasteiger partial charge in [-0.1, -0.05) is 6.07 Å². The summed E-state index contributed by atoms with van der Waals surface area (Å²) in [4.78, 5) is 40.5. The van der Waals surface area contributed by atoms with Crippen LogP contribution in [0.4, 0.5) is 10.1 Å². The highest BCUT2D eigenvalue weighted by Crippen LogP contribution is 2.17. The molecule has 0 radical (unpaired) electrons. The van der Waals surface area contributed by atoms with Crippen LogP contribution in [-0.4, -0.2) is 55.2 Å². The molecule has 27 heavy (non-hydrogen) atoms. The van der Waals surface area contributed by atoms with E-state index in [0.717, 1.165) is 10.6 Å². The zero-order chi connectivity index (χ0) is 19.2. The van der Waals surface area contributed by atoms with Crippen molar-refractivity contribution < 1.29 is 18.8 Å². The third-order valence-electron chi connectivity index (χ3n) is 4.39. The number of halogens is 1. The van der Waals surface area contributed by atoms with E-state index in [1.54, 1.807) is 23.1 Å². The molecule has 142 valence electrons. The Kier molecular flexibility index (Phi) is 6.18. The molecule has 0 bridgehead atoms. The van der Waals surface area contributed by atoms with Gasteiger partial charge in [0.2, 0.25) is 11.7 Å². The van der Waals surface area contributed by atoms with Gasteiger partial charge in [-0.2, -0.15) is 0 Å². The van der Waals surface area contributed by atoms with Gasteiger partial charge >= 0.3 is 0 Å². The lowest BCUT2D eigenvalue weighted by molar-refractivity contribution is -0.139. The van der Waals surface area contributed by atoms with Gasteiger partial charge in [0, 0.05) is 36.7 Å². The monoisotopic (exact) mass is 389 g/mol. The lowest BCUT2D eigenvalue weighted by Gasteiger charge is -2.36. The van der Waals surface area contributed by atoms with Crippen LogP contribution in [0.25, 0.3) is 0 Å². The number of piperazine rings is 1. The number of anilines is 1.